The fourth-order valence-corrected chi connectivity index (χ4v) is 4.29. The van der Waals surface area contributed by atoms with Gasteiger partial charge in [0.15, 0.2) is 23.0 Å². The van der Waals surface area contributed by atoms with Crippen LogP contribution in [-0.4, -0.2) is 28.4 Å². The molecule has 0 saturated heterocycles. The van der Waals surface area contributed by atoms with Crippen LogP contribution in [0.2, 0.25) is 0 Å². The van der Waals surface area contributed by atoms with E-state index in [0.29, 0.717) is 11.5 Å². The van der Waals surface area contributed by atoms with Crippen LogP contribution < -0.4 is 23.7 Å². The van der Waals surface area contributed by atoms with Gasteiger partial charge in [0.2, 0.25) is 0 Å². The zero-order chi connectivity index (χ0) is 26.0. The Morgan fingerprint density at radius 1 is 0.405 bits per heavy atom. The lowest BCUT2D eigenvalue weighted by molar-refractivity contribution is 0.354. The summed E-state index contributed by atoms with van der Waals surface area (Å²) in [4.78, 5) is 0. The Morgan fingerprint density at radius 2 is 0.865 bits per heavy atom. The molecule has 0 amide bonds. The van der Waals surface area contributed by atoms with E-state index in [1.54, 1.807) is 28.4 Å². The number of hydrogen-bond donors (Lipinski definition) is 0. The van der Waals surface area contributed by atoms with Gasteiger partial charge in [0.1, 0.15) is 11.5 Å². The molecule has 37 heavy (non-hydrogen) atoms. The summed E-state index contributed by atoms with van der Waals surface area (Å²) in [6.45, 7) is 0. The van der Waals surface area contributed by atoms with E-state index in [2.05, 4.69) is 42.5 Å². The van der Waals surface area contributed by atoms with E-state index < -0.39 is 0 Å². The first-order valence-electron chi connectivity index (χ1n) is 12.4. The maximum absolute atomic E-state index is 6.31. The molecule has 0 aromatic heterocycles. The molecule has 0 radical (unpaired) electrons. The van der Waals surface area contributed by atoms with Crippen molar-refractivity contribution in [1.29, 1.82) is 0 Å². The number of rotatable bonds is 12. The average molecular weight is 499 g/mol. The molecule has 0 spiro atoms. The molecule has 0 aliphatic rings. The second-order valence-electron chi connectivity index (χ2n) is 8.78. The van der Waals surface area contributed by atoms with Crippen molar-refractivity contribution >= 4 is 0 Å². The van der Waals surface area contributed by atoms with Gasteiger partial charge in [-0.15, -0.1) is 0 Å². The minimum absolute atomic E-state index is 0.709. The maximum atomic E-state index is 6.31. The van der Waals surface area contributed by atoms with Gasteiger partial charge in [-0.05, 0) is 96.5 Å². The molecule has 0 saturated carbocycles. The number of ether oxygens (including phenoxy) is 5. The van der Waals surface area contributed by atoms with Gasteiger partial charge in [0, 0.05) is 0 Å². The fraction of sp³-hybridized carbons (Fsp3) is 0.250. The van der Waals surface area contributed by atoms with Gasteiger partial charge in [-0.2, -0.15) is 0 Å². The zero-order valence-corrected chi connectivity index (χ0v) is 22.0. The molecule has 5 heteroatoms. The van der Waals surface area contributed by atoms with Crippen LogP contribution in [0, 0.1) is 0 Å². The highest BCUT2D eigenvalue weighted by Crippen LogP contribution is 2.34. The lowest BCUT2D eigenvalue weighted by atomic mass is 10.0. The number of aryl methyl sites for hydroxylation is 4. The SMILES string of the molecule is COc1cccc(CCc2ccc(OC)c(Oc3cccc(CCc4ccc(OC)c(OC)c4)c3)c2)c1. The Bertz CT molecular complexity index is 1310. The molecule has 192 valence electrons. The molecule has 4 rings (SSSR count). The van der Waals surface area contributed by atoms with Crippen molar-refractivity contribution in [2.75, 3.05) is 28.4 Å². The summed E-state index contributed by atoms with van der Waals surface area (Å²) >= 11 is 0. The van der Waals surface area contributed by atoms with Crippen LogP contribution in [0.5, 0.6) is 34.5 Å². The Hall–Kier alpha value is -4.12. The molecule has 0 aliphatic heterocycles. The van der Waals surface area contributed by atoms with Crippen LogP contribution in [-0.2, 0) is 25.7 Å². The molecular weight excluding hydrogens is 464 g/mol. The minimum atomic E-state index is 0.709. The van der Waals surface area contributed by atoms with Gasteiger partial charge >= 0.3 is 0 Å². The van der Waals surface area contributed by atoms with Crippen molar-refractivity contribution in [3.8, 4) is 34.5 Å². The highest BCUT2D eigenvalue weighted by atomic mass is 16.5. The third kappa shape index (κ3) is 6.98. The second-order valence-corrected chi connectivity index (χ2v) is 8.78. The summed E-state index contributed by atoms with van der Waals surface area (Å²) in [6.07, 6.45) is 3.56. The molecule has 4 aromatic rings. The van der Waals surface area contributed by atoms with Crippen molar-refractivity contribution < 1.29 is 23.7 Å². The summed E-state index contributed by atoms with van der Waals surface area (Å²) in [6, 6.07) is 28.6. The van der Waals surface area contributed by atoms with E-state index in [0.717, 1.165) is 48.7 Å². The van der Waals surface area contributed by atoms with Crippen molar-refractivity contribution in [3.63, 3.8) is 0 Å². The predicted molar refractivity (Wildman–Crippen MR) is 147 cm³/mol. The third-order valence-corrected chi connectivity index (χ3v) is 6.34. The van der Waals surface area contributed by atoms with Gasteiger partial charge in [0.25, 0.3) is 0 Å². The standard InChI is InChI=1S/C32H34O5/c1-33-27-9-5-7-23(19-27)11-14-26-16-18-30(35-3)32(22-26)37-28-10-6-8-24(20-28)12-13-25-15-17-29(34-2)31(21-25)36-4/h5-10,15-22H,11-14H2,1-4H3. The molecule has 0 aliphatic carbocycles. The molecule has 0 bridgehead atoms. The van der Waals surface area contributed by atoms with Gasteiger partial charge in [-0.3, -0.25) is 0 Å². The largest absolute Gasteiger partial charge is 0.497 e. The normalized spacial score (nSPS) is 10.6. The average Bonchev–Trinajstić information content (AvgIpc) is 2.95. The summed E-state index contributed by atoms with van der Waals surface area (Å²) in [5, 5.41) is 0. The molecule has 0 heterocycles. The van der Waals surface area contributed by atoms with Gasteiger partial charge < -0.3 is 23.7 Å². The Labute approximate surface area is 219 Å². The van der Waals surface area contributed by atoms with E-state index in [9.17, 15) is 0 Å². The first kappa shape index (κ1) is 26.0. The number of hydrogen-bond acceptors (Lipinski definition) is 5. The first-order chi connectivity index (χ1) is 18.1. The van der Waals surface area contributed by atoms with E-state index in [4.69, 9.17) is 23.7 Å². The topological polar surface area (TPSA) is 46.2 Å². The smallest absolute Gasteiger partial charge is 0.169 e. The summed E-state index contributed by atoms with van der Waals surface area (Å²) < 4.78 is 28.0. The highest BCUT2D eigenvalue weighted by molar-refractivity contribution is 5.47. The molecule has 0 N–H and O–H groups in total. The Morgan fingerprint density at radius 3 is 1.41 bits per heavy atom. The van der Waals surface area contributed by atoms with Crippen LogP contribution in [0.15, 0.2) is 84.9 Å². The first-order valence-corrected chi connectivity index (χ1v) is 12.4. The van der Waals surface area contributed by atoms with Crippen LogP contribution >= 0.6 is 0 Å². The van der Waals surface area contributed by atoms with Crippen molar-refractivity contribution in [1.82, 2.24) is 0 Å². The van der Waals surface area contributed by atoms with Crippen LogP contribution in [0.1, 0.15) is 22.3 Å². The summed E-state index contributed by atoms with van der Waals surface area (Å²) in [5.41, 5.74) is 4.80. The molecule has 4 aromatic carbocycles. The van der Waals surface area contributed by atoms with E-state index in [1.807, 2.05) is 42.5 Å². The fourth-order valence-electron chi connectivity index (χ4n) is 4.29. The van der Waals surface area contributed by atoms with Crippen molar-refractivity contribution in [3.05, 3.63) is 107 Å². The minimum Gasteiger partial charge on any atom is -0.497 e. The van der Waals surface area contributed by atoms with Crippen LogP contribution in [0.3, 0.4) is 0 Å². The molecule has 0 unspecified atom stereocenters. The van der Waals surface area contributed by atoms with Gasteiger partial charge in [-0.25, -0.2) is 0 Å². The van der Waals surface area contributed by atoms with Crippen molar-refractivity contribution in [2.45, 2.75) is 25.7 Å². The quantitative estimate of drug-likeness (QED) is 0.209. The van der Waals surface area contributed by atoms with Crippen molar-refractivity contribution in [2.24, 2.45) is 0 Å². The summed E-state index contributed by atoms with van der Waals surface area (Å²) in [7, 11) is 6.66. The lowest BCUT2D eigenvalue weighted by Gasteiger charge is -2.13. The van der Waals surface area contributed by atoms with E-state index in [1.165, 1.54) is 22.3 Å². The molecule has 5 nitrogen and oxygen atoms in total. The molecule has 0 fully saturated rings. The van der Waals surface area contributed by atoms with Gasteiger partial charge in [0.05, 0.1) is 28.4 Å². The van der Waals surface area contributed by atoms with Gasteiger partial charge in [-0.1, -0.05) is 36.4 Å². The maximum Gasteiger partial charge on any atom is 0.169 e. The van der Waals surface area contributed by atoms with Crippen LogP contribution in [0.4, 0.5) is 0 Å². The Kier molecular flexibility index (Phi) is 8.93. The number of methoxy groups -OCH3 is 4. The van der Waals surface area contributed by atoms with E-state index >= 15 is 0 Å². The number of benzene rings is 4. The highest BCUT2D eigenvalue weighted by Gasteiger charge is 2.10. The second kappa shape index (κ2) is 12.7. The molecular formula is C32H34O5. The zero-order valence-electron chi connectivity index (χ0n) is 22.0. The lowest BCUT2D eigenvalue weighted by Crippen LogP contribution is -1.97. The Balaban J connectivity index is 1.43. The predicted octanol–water partition coefficient (Wildman–Crippen LogP) is 7.08. The molecule has 0 atom stereocenters. The third-order valence-electron chi connectivity index (χ3n) is 6.34. The monoisotopic (exact) mass is 498 g/mol. The van der Waals surface area contributed by atoms with E-state index in [-0.39, 0.29) is 0 Å². The van der Waals surface area contributed by atoms with Crippen LogP contribution in [0.25, 0.3) is 0 Å². The summed E-state index contributed by atoms with van der Waals surface area (Å²) in [5.74, 6) is 4.57.